The average molecular weight is 468 g/mol. The number of fused-ring (bicyclic) bond motifs is 1. The molecule has 2 aromatic heterocycles. The predicted octanol–water partition coefficient (Wildman–Crippen LogP) is 5.00. The van der Waals surface area contributed by atoms with Crippen LogP contribution in [0.2, 0.25) is 5.02 Å². The quantitative estimate of drug-likeness (QED) is 0.553. The zero-order valence-electron chi connectivity index (χ0n) is 18.6. The summed E-state index contributed by atoms with van der Waals surface area (Å²) >= 11 is 6.38. The number of rotatable bonds is 5. The fourth-order valence-corrected chi connectivity index (χ4v) is 4.49. The summed E-state index contributed by atoms with van der Waals surface area (Å²) in [6, 6.07) is 7.10. The Balaban J connectivity index is 1.38. The molecule has 5 rings (SSSR count). The van der Waals surface area contributed by atoms with Gasteiger partial charge < -0.3 is 20.3 Å². The van der Waals surface area contributed by atoms with E-state index in [9.17, 15) is 9.59 Å². The lowest BCUT2D eigenvalue weighted by molar-refractivity contribution is 0.0747. The van der Waals surface area contributed by atoms with Crippen molar-refractivity contribution in [3.05, 3.63) is 52.8 Å². The Morgan fingerprint density at radius 2 is 2.03 bits per heavy atom. The lowest BCUT2D eigenvalue weighted by Gasteiger charge is -2.21. The third-order valence-electron chi connectivity index (χ3n) is 6.26. The SMILES string of the molecule is Cc1c(C(=O)N2CCCC2C)cn2nccc(Oc3ccc(NC(=O)NC4CC4)c(Cl)c3)c12. The summed E-state index contributed by atoms with van der Waals surface area (Å²) in [4.78, 5) is 27.1. The lowest BCUT2D eigenvalue weighted by Crippen LogP contribution is -2.33. The number of aryl methyl sites for hydroxylation is 1. The van der Waals surface area contributed by atoms with Crippen LogP contribution in [0.1, 0.15) is 48.5 Å². The number of ether oxygens (including phenoxy) is 1. The summed E-state index contributed by atoms with van der Waals surface area (Å²) in [5.74, 6) is 1.11. The third kappa shape index (κ3) is 4.35. The minimum absolute atomic E-state index is 0.0249. The van der Waals surface area contributed by atoms with E-state index in [1.54, 1.807) is 41.2 Å². The topological polar surface area (TPSA) is 88.0 Å². The molecule has 3 heterocycles. The van der Waals surface area contributed by atoms with Crippen LogP contribution in [-0.2, 0) is 0 Å². The molecule has 2 N–H and O–H groups in total. The molecule has 3 aromatic rings. The number of hydrogen-bond acceptors (Lipinski definition) is 4. The Bertz CT molecular complexity index is 1240. The van der Waals surface area contributed by atoms with Gasteiger partial charge in [0.25, 0.3) is 5.91 Å². The van der Waals surface area contributed by atoms with Gasteiger partial charge >= 0.3 is 6.03 Å². The first-order chi connectivity index (χ1) is 15.9. The Morgan fingerprint density at radius 3 is 2.73 bits per heavy atom. The Labute approximate surface area is 196 Å². The molecule has 1 unspecified atom stereocenters. The van der Waals surface area contributed by atoms with Gasteiger partial charge in [-0.3, -0.25) is 4.79 Å². The molecule has 1 saturated heterocycles. The normalized spacial score (nSPS) is 17.9. The van der Waals surface area contributed by atoms with Crippen molar-refractivity contribution in [3.8, 4) is 11.5 Å². The van der Waals surface area contributed by atoms with E-state index < -0.39 is 0 Å². The van der Waals surface area contributed by atoms with Crippen molar-refractivity contribution in [3.63, 3.8) is 0 Å². The van der Waals surface area contributed by atoms with Crippen LogP contribution >= 0.6 is 11.6 Å². The summed E-state index contributed by atoms with van der Waals surface area (Å²) < 4.78 is 7.81. The van der Waals surface area contributed by atoms with Crippen molar-refractivity contribution < 1.29 is 14.3 Å². The van der Waals surface area contributed by atoms with Gasteiger partial charge in [-0.25, -0.2) is 9.31 Å². The summed E-state index contributed by atoms with van der Waals surface area (Å²) in [5, 5.41) is 10.4. The number of anilines is 1. The van der Waals surface area contributed by atoms with Crippen LogP contribution in [0.5, 0.6) is 11.5 Å². The van der Waals surface area contributed by atoms with E-state index in [4.69, 9.17) is 16.3 Å². The number of likely N-dealkylation sites (tertiary alicyclic amines) is 1. The number of hydrogen-bond donors (Lipinski definition) is 2. The van der Waals surface area contributed by atoms with Crippen LogP contribution in [0.3, 0.4) is 0 Å². The smallest absolute Gasteiger partial charge is 0.319 e. The second kappa shape index (κ2) is 8.59. The Morgan fingerprint density at radius 1 is 1.21 bits per heavy atom. The number of carbonyl (C=O) groups excluding carboxylic acids is 2. The van der Waals surface area contributed by atoms with Crippen molar-refractivity contribution in [1.29, 1.82) is 0 Å². The van der Waals surface area contributed by atoms with E-state index >= 15 is 0 Å². The molecule has 172 valence electrons. The zero-order chi connectivity index (χ0) is 23.1. The molecule has 0 spiro atoms. The highest BCUT2D eigenvalue weighted by Crippen LogP contribution is 2.34. The number of nitrogens with one attached hydrogen (secondary N) is 2. The van der Waals surface area contributed by atoms with Crippen LogP contribution in [-0.4, -0.2) is 45.1 Å². The lowest BCUT2D eigenvalue weighted by atomic mass is 10.1. The summed E-state index contributed by atoms with van der Waals surface area (Å²) in [5.41, 5.74) is 2.69. The first kappa shape index (κ1) is 21.6. The number of carbonyl (C=O) groups is 2. The van der Waals surface area contributed by atoms with Gasteiger partial charge in [0.05, 0.1) is 22.5 Å². The molecule has 33 heavy (non-hydrogen) atoms. The molecular weight excluding hydrogens is 442 g/mol. The number of halogens is 1. The van der Waals surface area contributed by atoms with E-state index in [1.807, 2.05) is 11.8 Å². The van der Waals surface area contributed by atoms with Crippen LogP contribution < -0.4 is 15.4 Å². The van der Waals surface area contributed by atoms with Gasteiger partial charge in [0.15, 0.2) is 5.75 Å². The average Bonchev–Trinajstić information content (AvgIpc) is 3.38. The maximum absolute atomic E-state index is 13.1. The van der Waals surface area contributed by atoms with Crippen LogP contribution in [0, 0.1) is 6.92 Å². The fraction of sp³-hybridized carbons (Fsp3) is 0.375. The fourth-order valence-electron chi connectivity index (χ4n) is 4.27. The molecule has 0 radical (unpaired) electrons. The summed E-state index contributed by atoms with van der Waals surface area (Å²) in [7, 11) is 0. The van der Waals surface area contributed by atoms with E-state index in [2.05, 4.69) is 22.7 Å². The van der Waals surface area contributed by atoms with Gasteiger partial charge in [-0.15, -0.1) is 0 Å². The Hall–Kier alpha value is -3.26. The molecule has 9 heteroatoms. The molecule has 2 aliphatic rings. The molecule has 1 aromatic carbocycles. The minimum atomic E-state index is -0.266. The monoisotopic (exact) mass is 467 g/mol. The molecule has 3 amide bonds. The number of amides is 3. The maximum Gasteiger partial charge on any atom is 0.319 e. The molecule has 1 atom stereocenters. The highest BCUT2D eigenvalue weighted by atomic mass is 35.5. The second-order valence-corrected chi connectivity index (χ2v) is 9.17. The number of benzene rings is 1. The van der Waals surface area contributed by atoms with Crippen molar-refractivity contribution in [2.24, 2.45) is 0 Å². The minimum Gasteiger partial charge on any atom is -0.455 e. The highest BCUT2D eigenvalue weighted by molar-refractivity contribution is 6.33. The number of aromatic nitrogens is 2. The molecule has 1 aliphatic heterocycles. The van der Waals surface area contributed by atoms with Crippen LogP contribution in [0.25, 0.3) is 5.52 Å². The van der Waals surface area contributed by atoms with E-state index in [0.29, 0.717) is 27.8 Å². The van der Waals surface area contributed by atoms with E-state index in [1.165, 1.54) is 0 Å². The van der Waals surface area contributed by atoms with Gasteiger partial charge in [-0.1, -0.05) is 11.6 Å². The zero-order valence-corrected chi connectivity index (χ0v) is 19.4. The number of nitrogens with zero attached hydrogens (tertiary/aromatic N) is 3. The maximum atomic E-state index is 13.1. The first-order valence-corrected chi connectivity index (χ1v) is 11.6. The Kier molecular flexibility index (Phi) is 5.62. The van der Waals surface area contributed by atoms with Gasteiger partial charge in [-0.05, 0) is 57.2 Å². The van der Waals surface area contributed by atoms with Crippen molar-refractivity contribution in [2.45, 2.75) is 51.6 Å². The molecule has 8 nitrogen and oxygen atoms in total. The predicted molar refractivity (Wildman–Crippen MR) is 126 cm³/mol. The standard InChI is InChI=1S/C24H26ClN5O3/c1-14-4-3-11-29(14)23(31)18-13-30-22(15(18)2)21(9-10-26-30)33-17-7-8-20(19(25)12-17)28-24(32)27-16-5-6-16/h7-10,12-14,16H,3-6,11H2,1-2H3,(H2,27,28,32). The number of urea groups is 1. The van der Waals surface area contributed by atoms with Gasteiger partial charge in [-0.2, -0.15) is 5.10 Å². The molecule has 1 saturated carbocycles. The van der Waals surface area contributed by atoms with Gasteiger partial charge in [0.2, 0.25) is 0 Å². The van der Waals surface area contributed by atoms with Gasteiger partial charge in [0.1, 0.15) is 11.3 Å². The molecule has 0 bridgehead atoms. The van der Waals surface area contributed by atoms with Gasteiger partial charge in [0, 0.05) is 37.0 Å². The van der Waals surface area contributed by atoms with Crippen LogP contribution in [0.15, 0.2) is 36.7 Å². The summed E-state index contributed by atoms with van der Waals surface area (Å²) in [6.07, 6.45) is 7.48. The van der Waals surface area contributed by atoms with E-state index in [-0.39, 0.29) is 24.0 Å². The second-order valence-electron chi connectivity index (χ2n) is 8.76. The first-order valence-electron chi connectivity index (χ1n) is 11.2. The molecule has 2 fully saturated rings. The molecule has 1 aliphatic carbocycles. The summed E-state index contributed by atoms with van der Waals surface area (Å²) in [6.45, 7) is 4.77. The van der Waals surface area contributed by atoms with Crippen molar-refractivity contribution in [2.75, 3.05) is 11.9 Å². The highest BCUT2D eigenvalue weighted by Gasteiger charge is 2.29. The molecular formula is C24H26ClN5O3. The van der Waals surface area contributed by atoms with Crippen molar-refractivity contribution in [1.82, 2.24) is 19.8 Å². The third-order valence-corrected chi connectivity index (χ3v) is 6.58. The van der Waals surface area contributed by atoms with Crippen molar-refractivity contribution >= 4 is 34.7 Å². The largest absolute Gasteiger partial charge is 0.455 e. The van der Waals surface area contributed by atoms with Crippen LogP contribution in [0.4, 0.5) is 10.5 Å². The van der Waals surface area contributed by atoms with E-state index in [0.717, 1.165) is 43.3 Å².